The van der Waals surface area contributed by atoms with Crippen LogP contribution in [0.4, 0.5) is 8.78 Å². The largest absolute Gasteiger partial charge is 0.481 e. The van der Waals surface area contributed by atoms with Crippen molar-refractivity contribution in [1.82, 2.24) is 4.98 Å². The van der Waals surface area contributed by atoms with E-state index in [9.17, 15) is 13.6 Å². The van der Waals surface area contributed by atoms with E-state index in [1.54, 1.807) is 0 Å². The van der Waals surface area contributed by atoms with E-state index < -0.39 is 23.0 Å². The Hall–Kier alpha value is -1.52. The fourth-order valence-corrected chi connectivity index (χ4v) is 1.87. The highest BCUT2D eigenvalue weighted by Gasteiger charge is 2.49. The van der Waals surface area contributed by atoms with Gasteiger partial charge in [-0.15, -0.1) is 0 Å². The number of hydrogen-bond donors (Lipinski definition) is 1. The van der Waals surface area contributed by atoms with Crippen molar-refractivity contribution in [2.75, 3.05) is 0 Å². The first-order valence-corrected chi connectivity index (χ1v) is 4.56. The van der Waals surface area contributed by atoms with Crippen LogP contribution in [0.1, 0.15) is 24.8 Å². The van der Waals surface area contributed by atoms with E-state index in [1.165, 1.54) is 0 Å². The lowest BCUT2D eigenvalue weighted by Gasteiger charge is -2.14. The molecule has 0 saturated heterocycles. The molecule has 1 aliphatic rings. The van der Waals surface area contributed by atoms with Gasteiger partial charge in [-0.1, -0.05) is 0 Å². The van der Waals surface area contributed by atoms with Crippen molar-refractivity contribution in [2.45, 2.75) is 24.7 Å². The average Bonchev–Trinajstić information content (AvgIpc) is 2.83. The van der Waals surface area contributed by atoms with Crippen molar-refractivity contribution in [3.63, 3.8) is 0 Å². The van der Waals surface area contributed by atoms with Gasteiger partial charge in [-0.05, 0) is 12.8 Å². The molecule has 1 fully saturated rings. The first-order chi connectivity index (χ1) is 7.05. The van der Waals surface area contributed by atoms with Crippen LogP contribution in [0, 0.1) is 11.6 Å². The van der Waals surface area contributed by atoms with Gasteiger partial charge < -0.3 is 5.11 Å². The van der Waals surface area contributed by atoms with Gasteiger partial charge in [-0.3, -0.25) is 9.78 Å². The molecule has 0 aromatic carbocycles. The number of pyridine rings is 1. The number of carboxylic acids is 1. The van der Waals surface area contributed by atoms with Gasteiger partial charge in [0.15, 0.2) is 0 Å². The van der Waals surface area contributed by atoms with Crippen LogP contribution in [-0.2, 0) is 10.2 Å². The summed E-state index contributed by atoms with van der Waals surface area (Å²) in [5, 5.41) is 8.67. The maximum absolute atomic E-state index is 13.3. The normalized spacial score (nSPS) is 17.5. The van der Waals surface area contributed by atoms with Gasteiger partial charge in [0.25, 0.3) is 0 Å². The highest BCUT2D eigenvalue weighted by molar-refractivity contribution is 5.70. The second kappa shape index (κ2) is 3.25. The Bertz CT molecular complexity index is 396. The quantitative estimate of drug-likeness (QED) is 0.833. The van der Waals surface area contributed by atoms with Crippen LogP contribution in [-0.4, -0.2) is 16.1 Å². The summed E-state index contributed by atoms with van der Waals surface area (Å²) in [4.78, 5) is 14.0. The molecule has 15 heavy (non-hydrogen) atoms. The lowest BCUT2D eigenvalue weighted by atomic mass is 9.92. The van der Waals surface area contributed by atoms with E-state index in [0.717, 1.165) is 12.4 Å². The average molecular weight is 213 g/mol. The van der Waals surface area contributed by atoms with E-state index in [4.69, 9.17) is 5.11 Å². The molecular weight excluding hydrogens is 204 g/mol. The molecule has 0 aliphatic heterocycles. The first kappa shape index (κ1) is 10.0. The second-order valence-electron chi connectivity index (χ2n) is 3.83. The van der Waals surface area contributed by atoms with Crippen LogP contribution in [0.25, 0.3) is 0 Å². The second-order valence-corrected chi connectivity index (χ2v) is 3.83. The number of carbonyl (C=O) groups is 1. The summed E-state index contributed by atoms with van der Waals surface area (Å²) in [6.07, 6.45) is 2.62. The Morgan fingerprint density at radius 1 is 1.40 bits per heavy atom. The molecule has 80 valence electrons. The summed E-state index contributed by atoms with van der Waals surface area (Å²) in [6, 6.07) is 0. The van der Waals surface area contributed by atoms with E-state index in [1.807, 2.05) is 0 Å². The Morgan fingerprint density at radius 3 is 2.33 bits per heavy atom. The number of carboxylic acid groups (broad SMARTS) is 1. The van der Waals surface area contributed by atoms with Crippen molar-refractivity contribution >= 4 is 5.97 Å². The van der Waals surface area contributed by atoms with Gasteiger partial charge >= 0.3 is 5.97 Å². The lowest BCUT2D eigenvalue weighted by molar-refractivity contribution is -0.137. The summed E-state index contributed by atoms with van der Waals surface area (Å²) >= 11 is 0. The topological polar surface area (TPSA) is 50.2 Å². The van der Waals surface area contributed by atoms with Gasteiger partial charge in [0.1, 0.15) is 11.6 Å². The Labute approximate surface area is 84.8 Å². The van der Waals surface area contributed by atoms with Gasteiger partial charge in [-0.25, -0.2) is 8.78 Å². The molecule has 0 amide bonds. The molecule has 3 nitrogen and oxygen atoms in total. The monoisotopic (exact) mass is 213 g/mol. The smallest absolute Gasteiger partial charge is 0.304 e. The zero-order valence-corrected chi connectivity index (χ0v) is 7.83. The lowest BCUT2D eigenvalue weighted by Crippen LogP contribution is -2.17. The Morgan fingerprint density at radius 2 is 1.93 bits per heavy atom. The number of halogens is 2. The van der Waals surface area contributed by atoms with Crippen LogP contribution in [0.2, 0.25) is 0 Å². The summed E-state index contributed by atoms with van der Waals surface area (Å²) in [5.41, 5.74) is -0.969. The number of nitrogens with zero attached hydrogens (tertiary/aromatic N) is 1. The summed E-state index contributed by atoms with van der Waals surface area (Å²) in [7, 11) is 0. The van der Waals surface area contributed by atoms with Crippen molar-refractivity contribution < 1.29 is 18.7 Å². The van der Waals surface area contributed by atoms with Gasteiger partial charge in [0, 0.05) is 11.0 Å². The molecule has 1 heterocycles. The molecule has 1 aromatic heterocycles. The van der Waals surface area contributed by atoms with Gasteiger partial charge in [0.2, 0.25) is 0 Å². The van der Waals surface area contributed by atoms with E-state index >= 15 is 0 Å². The van der Waals surface area contributed by atoms with Gasteiger partial charge in [0.05, 0.1) is 18.8 Å². The zero-order chi connectivity index (χ0) is 11.1. The number of aliphatic carboxylic acids is 1. The van der Waals surface area contributed by atoms with E-state index in [0.29, 0.717) is 12.8 Å². The SMILES string of the molecule is O=C(O)CC1(c2c(F)cncc2F)CC1. The highest BCUT2D eigenvalue weighted by Crippen LogP contribution is 2.52. The predicted molar refractivity (Wildman–Crippen MR) is 47.3 cm³/mol. The minimum absolute atomic E-state index is 0.125. The molecule has 0 unspecified atom stereocenters. The standard InChI is InChI=1S/C10H9F2NO2/c11-6-4-13-5-7(12)9(6)10(1-2-10)3-8(14)15/h4-5H,1-3H2,(H,14,15). The van der Waals surface area contributed by atoms with Crippen molar-refractivity contribution in [1.29, 1.82) is 0 Å². The molecule has 5 heteroatoms. The molecule has 1 aliphatic carbocycles. The third kappa shape index (κ3) is 1.69. The summed E-state index contributed by atoms with van der Waals surface area (Å²) < 4.78 is 26.7. The predicted octanol–water partition coefficient (Wildman–Crippen LogP) is 1.87. The summed E-state index contributed by atoms with van der Waals surface area (Å²) in [6.45, 7) is 0. The molecule has 1 N–H and O–H groups in total. The van der Waals surface area contributed by atoms with E-state index in [2.05, 4.69) is 4.98 Å². The molecule has 1 saturated carbocycles. The minimum Gasteiger partial charge on any atom is -0.481 e. The van der Waals surface area contributed by atoms with Crippen molar-refractivity contribution in [3.8, 4) is 0 Å². The van der Waals surface area contributed by atoms with Crippen molar-refractivity contribution in [3.05, 3.63) is 29.6 Å². The van der Waals surface area contributed by atoms with Crippen LogP contribution in [0.3, 0.4) is 0 Å². The van der Waals surface area contributed by atoms with E-state index in [-0.39, 0.29) is 12.0 Å². The van der Waals surface area contributed by atoms with Crippen LogP contribution >= 0.6 is 0 Å². The van der Waals surface area contributed by atoms with Crippen molar-refractivity contribution in [2.24, 2.45) is 0 Å². The third-order valence-electron chi connectivity index (χ3n) is 2.73. The van der Waals surface area contributed by atoms with Gasteiger partial charge in [-0.2, -0.15) is 0 Å². The third-order valence-corrected chi connectivity index (χ3v) is 2.73. The first-order valence-electron chi connectivity index (χ1n) is 4.56. The maximum atomic E-state index is 13.3. The number of aromatic nitrogens is 1. The fraction of sp³-hybridized carbons (Fsp3) is 0.400. The van der Waals surface area contributed by atoms with Crippen LogP contribution in [0.5, 0.6) is 0 Å². The number of hydrogen-bond acceptors (Lipinski definition) is 2. The Kier molecular flexibility index (Phi) is 2.17. The summed E-state index contributed by atoms with van der Waals surface area (Å²) in [5.74, 6) is -2.55. The molecule has 0 bridgehead atoms. The zero-order valence-electron chi connectivity index (χ0n) is 7.83. The number of rotatable bonds is 3. The maximum Gasteiger partial charge on any atom is 0.304 e. The molecule has 2 rings (SSSR count). The Balaban J connectivity index is 2.41. The molecule has 0 atom stereocenters. The molecule has 1 aromatic rings. The molecule has 0 radical (unpaired) electrons. The minimum atomic E-state index is -1.04. The molecule has 0 spiro atoms. The molecular formula is C10H9F2NO2. The van der Waals surface area contributed by atoms with Crippen LogP contribution < -0.4 is 0 Å². The highest BCUT2D eigenvalue weighted by atomic mass is 19.1. The van der Waals surface area contributed by atoms with Crippen LogP contribution in [0.15, 0.2) is 12.4 Å². The fourth-order valence-electron chi connectivity index (χ4n) is 1.87.